The van der Waals surface area contributed by atoms with Crippen LogP contribution in [-0.4, -0.2) is 16.5 Å². The number of benzene rings is 1. The Morgan fingerprint density at radius 3 is 3.08 bits per heavy atom. The van der Waals surface area contributed by atoms with E-state index < -0.39 is 0 Å². The number of halogens is 1. The van der Waals surface area contributed by atoms with E-state index in [1.165, 1.54) is 0 Å². The van der Waals surface area contributed by atoms with Crippen molar-refractivity contribution in [2.75, 3.05) is 0 Å². The fourth-order valence-electron chi connectivity index (χ4n) is 1.14. The van der Waals surface area contributed by atoms with Crippen LogP contribution >= 0.6 is 15.9 Å². The van der Waals surface area contributed by atoms with Crippen molar-refractivity contribution in [3.63, 3.8) is 0 Å². The molecule has 3 nitrogen and oxygen atoms in total. The van der Waals surface area contributed by atoms with Crippen LogP contribution in [0.5, 0.6) is 0 Å². The predicted octanol–water partition coefficient (Wildman–Crippen LogP) is 2.14. The second-order valence-corrected chi connectivity index (χ2v) is 3.36. The summed E-state index contributed by atoms with van der Waals surface area (Å²) < 4.78 is 0.876. The highest BCUT2D eigenvalue weighted by Crippen LogP contribution is 2.20. The molecule has 60 valence electrons. The van der Waals surface area contributed by atoms with Crippen LogP contribution in [-0.2, 0) is 0 Å². The summed E-state index contributed by atoms with van der Waals surface area (Å²) in [5, 5.41) is 7.50. The van der Waals surface area contributed by atoms with Gasteiger partial charge >= 0.3 is 0 Å². The van der Waals surface area contributed by atoms with E-state index in [0.717, 1.165) is 21.7 Å². The highest BCUT2D eigenvalue weighted by Gasteiger charge is 2.02. The van der Waals surface area contributed by atoms with Gasteiger partial charge < -0.3 is 0 Å². The molecule has 0 bridgehead atoms. The van der Waals surface area contributed by atoms with E-state index in [1.807, 2.05) is 6.07 Å². The van der Waals surface area contributed by atoms with Crippen molar-refractivity contribution in [3.8, 4) is 0 Å². The lowest BCUT2D eigenvalue weighted by Gasteiger charge is -1.94. The summed E-state index contributed by atoms with van der Waals surface area (Å²) in [5.74, 6) is 0. The second-order valence-electron chi connectivity index (χ2n) is 2.44. The van der Waals surface area contributed by atoms with E-state index in [4.69, 9.17) is 0 Å². The molecule has 1 aromatic carbocycles. The van der Waals surface area contributed by atoms with Crippen LogP contribution in [0, 0.1) is 0 Å². The number of hydrogen-bond donors (Lipinski definition) is 1. The lowest BCUT2D eigenvalue weighted by molar-refractivity contribution is 0.112. The number of fused-ring (bicyclic) bond motifs is 1. The summed E-state index contributed by atoms with van der Waals surface area (Å²) in [4.78, 5) is 10.6. The Balaban J connectivity index is 2.88. The van der Waals surface area contributed by atoms with Crippen LogP contribution in [0.25, 0.3) is 10.9 Å². The van der Waals surface area contributed by atoms with Crippen LogP contribution in [0.15, 0.2) is 22.8 Å². The molecule has 4 heteroatoms. The highest BCUT2D eigenvalue weighted by molar-refractivity contribution is 9.10. The van der Waals surface area contributed by atoms with Crippen LogP contribution in [0.4, 0.5) is 0 Å². The standard InChI is InChI=1S/C8H5BrN2O/c9-6-1-5(4-12)7-3-10-11-8(7)2-6/h1-4H,(H,10,11). The molecule has 0 radical (unpaired) electrons. The van der Waals surface area contributed by atoms with Gasteiger partial charge in [0.2, 0.25) is 0 Å². The van der Waals surface area contributed by atoms with Crippen molar-refractivity contribution >= 4 is 33.1 Å². The van der Waals surface area contributed by atoms with Gasteiger partial charge in [0.25, 0.3) is 0 Å². The Bertz CT molecular complexity index is 436. The zero-order chi connectivity index (χ0) is 8.55. The zero-order valence-electron chi connectivity index (χ0n) is 6.04. The number of aromatic amines is 1. The minimum atomic E-state index is 0.646. The summed E-state index contributed by atoms with van der Waals surface area (Å²) in [5.41, 5.74) is 1.51. The van der Waals surface area contributed by atoms with Gasteiger partial charge in [0.05, 0.1) is 11.7 Å². The SMILES string of the molecule is O=Cc1cc(Br)cc2[nH]ncc12. The lowest BCUT2D eigenvalue weighted by atomic mass is 10.1. The molecule has 2 rings (SSSR count). The Morgan fingerprint density at radius 1 is 1.50 bits per heavy atom. The monoisotopic (exact) mass is 224 g/mol. The molecule has 0 saturated carbocycles. The minimum Gasteiger partial charge on any atom is -0.298 e. The number of aldehydes is 1. The van der Waals surface area contributed by atoms with Crippen LogP contribution in [0.1, 0.15) is 10.4 Å². The van der Waals surface area contributed by atoms with Crippen molar-refractivity contribution < 1.29 is 4.79 Å². The molecule has 1 aromatic heterocycles. The first-order chi connectivity index (χ1) is 5.81. The fourth-order valence-corrected chi connectivity index (χ4v) is 1.62. The first kappa shape index (κ1) is 7.49. The van der Waals surface area contributed by atoms with Gasteiger partial charge in [-0.05, 0) is 12.1 Å². The molecule has 0 aliphatic rings. The van der Waals surface area contributed by atoms with E-state index in [0.29, 0.717) is 5.56 Å². The predicted molar refractivity (Wildman–Crippen MR) is 49.2 cm³/mol. The normalized spacial score (nSPS) is 10.4. The molecule has 0 saturated heterocycles. The Kier molecular flexibility index (Phi) is 1.69. The van der Waals surface area contributed by atoms with Crippen LogP contribution < -0.4 is 0 Å². The van der Waals surface area contributed by atoms with E-state index in [-0.39, 0.29) is 0 Å². The maximum absolute atomic E-state index is 10.6. The summed E-state index contributed by atoms with van der Waals surface area (Å²) >= 11 is 3.30. The molecular weight excluding hydrogens is 220 g/mol. The van der Waals surface area contributed by atoms with Gasteiger partial charge in [0.15, 0.2) is 6.29 Å². The third-order valence-corrected chi connectivity index (χ3v) is 2.14. The summed E-state index contributed by atoms with van der Waals surface area (Å²) in [7, 11) is 0. The van der Waals surface area contributed by atoms with Crippen molar-refractivity contribution in [1.29, 1.82) is 0 Å². The number of rotatable bonds is 1. The third-order valence-electron chi connectivity index (χ3n) is 1.68. The van der Waals surface area contributed by atoms with Gasteiger partial charge in [0.1, 0.15) is 0 Å². The zero-order valence-corrected chi connectivity index (χ0v) is 7.63. The van der Waals surface area contributed by atoms with Gasteiger partial charge in [-0.3, -0.25) is 9.89 Å². The average Bonchev–Trinajstić information content (AvgIpc) is 2.50. The van der Waals surface area contributed by atoms with Gasteiger partial charge in [0, 0.05) is 15.4 Å². The highest BCUT2D eigenvalue weighted by atomic mass is 79.9. The average molecular weight is 225 g/mol. The molecule has 1 heterocycles. The summed E-state index contributed by atoms with van der Waals surface area (Å²) in [6.45, 7) is 0. The van der Waals surface area contributed by atoms with Gasteiger partial charge in [-0.15, -0.1) is 0 Å². The fraction of sp³-hybridized carbons (Fsp3) is 0. The summed E-state index contributed by atoms with van der Waals surface area (Å²) in [6, 6.07) is 3.65. The number of carbonyl (C=O) groups is 1. The number of aromatic nitrogens is 2. The maximum atomic E-state index is 10.6. The second kappa shape index (κ2) is 2.71. The van der Waals surface area contributed by atoms with Gasteiger partial charge in [-0.25, -0.2) is 0 Å². The number of H-pyrrole nitrogens is 1. The van der Waals surface area contributed by atoms with E-state index >= 15 is 0 Å². The molecule has 0 fully saturated rings. The minimum absolute atomic E-state index is 0.646. The molecule has 0 spiro atoms. The molecule has 0 aliphatic carbocycles. The quantitative estimate of drug-likeness (QED) is 0.755. The number of nitrogens with one attached hydrogen (secondary N) is 1. The number of hydrogen-bond acceptors (Lipinski definition) is 2. The third kappa shape index (κ3) is 1.04. The Hall–Kier alpha value is -1.16. The van der Waals surface area contributed by atoms with Crippen molar-refractivity contribution in [3.05, 3.63) is 28.4 Å². The molecule has 12 heavy (non-hydrogen) atoms. The van der Waals surface area contributed by atoms with Crippen molar-refractivity contribution in [2.45, 2.75) is 0 Å². The van der Waals surface area contributed by atoms with Crippen molar-refractivity contribution in [1.82, 2.24) is 10.2 Å². The van der Waals surface area contributed by atoms with E-state index in [1.54, 1.807) is 12.3 Å². The molecule has 0 amide bonds. The van der Waals surface area contributed by atoms with Crippen LogP contribution in [0.2, 0.25) is 0 Å². The first-order valence-electron chi connectivity index (χ1n) is 3.39. The van der Waals surface area contributed by atoms with Crippen LogP contribution in [0.3, 0.4) is 0 Å². The molecule has 0 aliphatic heterocycles. The molecular formula is C8H5BrN2O. The molecule has 1 N–H and O–H groups in total. The van der Waals surface area contributed by atoms with E-state index in [2.05, 4.69) is 26.1 Å². The van der Waals surface area contributed by atoms with Crippen molar-refractivity contribution in [2.24, 2.45) is 0 Å². The maximum Gasteiger partial charge on any atom is 0.150 e. The molecule has 0 atom stereocenters. The Morgan fingerprint density at radius 2 is 2.33 bits per heavy atom. The Labute approximate surface area is 76.9 Å². The van der Waals surface area contributed by atoms with Gasteiger partial charge in [-0.1, -0.05) is 15.9 Å². The van der Waals surface area contributed by atoms with Gasteiger partial charge in [-0.2, -0.15) is 5.10 Å². The number of carbonyl (C=O) groups excluding carboxylic acids is 1. The lowest BCUT2D eigenvalue weighted by Crippen LogP contribution is -1.80. The molecule has 2 aromatic rings. The summed E-state index contributed by atoms with van der Waals surface area (Å²) in [6.07, 6.45) is 2.47. The topological polar surface area (TPSA) is 45.8 Å². The first-order valence-corrected chi connectivity index (χ1v) is 4.18. The smallest absolute Gasteiger partial charge is 0.150 e. The van der Waals surface area contributed by atoms with E-state index in [9.17, 15) is 4.79 Å². The number of nitrogens with zero attached hydrogens (tertiary/aromatic N) is 1. The molecule has 0 unspecified atom stereocenters. The largest absolute Gasteiger partial charge is 0.298 e.